The minimum absolute atomic E-state index is 0.144. The molecule has 142 valence electrons. The van der Waals surface area contributed by atoms with E-state index in [1.165, 1.54) is 0 Å². The summed E-state index contributed by atoms with van der Waals surface area (Å²) in [5.41, 5.74) is 1.11. The fourth-order valence-corrected chi connectivity index (χ4v) is 2.30. The molecule has 1 amide bonds. The Hall–Kier alpha value is -2.93. The zero-order valence-corrected chi connectivity index (χ0v) is 15.9. The summed E-state index contributed by atoms with van der Waals surface area (Å²) in [6.45, 7) is 2.30. The summed E-state index contributed by atoms with van der Waals surface area (Å²) in [6, 6.07) is 15.7. The average molecular weight is 386 g/mol. The van der Waals surface area contributed by atoms with Gasteiger partial charge in [-0.25, -0.2) is 4.79 Å². The SMILES string of the molecule is CCCCOC(=O)c1ccc(NC(=S)NC(=O)COc2ccccc2)cc1. The topological polar surface area (TPSA) is 76.7 Å². The van der Waals surface area contributed by atoms with Gasteiger partial charge in [0.15, 0.2) is 11.7 Å². The van der Waals surface area contributed by atoms with Crippen LogP contribution in [0.1, 0.15) is 30.1 Å². The Kier molecular flexibility index (Phi) is 8.25. The molecule has 2 aromatic carbocycles. The molecule has 2 N–H and O–H groups in total. The Morgan fingerprint density at radius 3 is 2.41 bits per heavy atom. The maximum Gasteiger partial charge on any atom is 0.338 e. The van der Waals surface area contributed by atoms with E-state index in [4.69, 9.17) is 21.7 Å². The predicted octanol–water partition coefficient (Wildman–Crippen LogP) is 3.54. The molecule has 7 heteroatoms. The molecule has 0 atom stereocenters. The van der Waals surface area contributed by atoms with Crippen LogP contribution in [0.25, 0.3) is 0 Å². The van der Waals surface area contributed by atoms with E-state index in [-0.39, 0.29) is 23.6 Å². The van der Waals surface area contributed by atoms with Crippen molar-refractivity contribution in [3.05, 3.63) is 60.2 Å². The summed E-state index contributed by atoms with van der Waals surface area (Å²) in [6.07, 6.45) is 1.81. The standard InChI is InChI=1S/C20H22N2O4S/c1-2-3-13-25-19(24)15-9-11-16(12-10-15)21-20(27)22-18(23)14-26-17-7-5-4-6-8-17/h4-12H,2-3,13-14H2,1H3,(H2,21,22,23,27). The molecule has 6 nitrogen and oxygen atoms in total. The van der Waals surface area contributed by atoms with Gasteiger partial charge in [-0.15, -0.1) is 0 Å². The molecular weight excluding hydrogens is 364 g/mol. The van der Waals surface area contributed by atoms with Crippen LogP contribution in [0.15, 0.2) is 54.6 Å². The van der Waals surface area contributed by atoms with Gasteiger partial charge in [0.25, 0.3) is 5.91 Å². The fraction of sp³-hybridized carbons (Fsp3) is 0.250. The van der Waals surface area contributed by atoms with Crippen LogP contribution in [-0.4, -0.2) is 30.2 Å². The van der Waals surface area contributed by atoms with Crippen molar-refractivity contribution in [2.24, 2.45) is 0 Å². The average Bonchev–Trinajstić information content (AvgIpc) is 2.68. The summed E-state index contributed by atoms with van der Waals surface area (Å²) in [7, 11) is 0. The van der Waals surface area contributed by atoms with E-state index >= 15 is 0 Å². The van der Waals surface area contributed by atoms with Crippen LogP contribution in [0.4, 0.5) is 5.69 Å². The summed E-state index contributed by atoms with van der Waals surface area (Å²) < 4.78 is 10.5. The van der Waals surface area contributed by atoms with Crippen LogP contribution in [0.2, 0.25) is 0 Å². The number of anilines is 1. The molecule has 27 heavy (non-hydrogen) atoms. The Balaban J connectivity index is 1.76. The van der Waals surface area contributed by atoms with Crippen LogP contribution in [0, 0.1) is 0 Å². The number of amides is 1. The number of nitrogens with one attached hydrogen (secondary N) is 2. The second-order valence-electron chi connectivity index (χ2n) is 5.67. The minimum Gasteiger partial charge on any atom is -0.484 e. The number of carbonyl (C=O) groups is 2. The second-order valence-corrected chi connectivity index (χ2v) is 6.08. The molecule has 0 fully saturated rings. The number of thiocarbonyl (C=S) groups is 1. The van der Waals surface area contributed by atoms with Crippen molar-refractivity contribution < 1.29 is 19.1 Å². The number of para-hydroxylation sites is 1. The predicted molar refractivity (Wildman–Crippen MR) is 108 cm³/mol. The largest absolute Gasteiger partial charge is 0.484 e. The molecule has 0 spiro atoms. The number of esters is 1. The molecule has 0 aromatic heterocycles. The molecule has 2 aromatic rings. The van der Waals surface area contributed by atoms with Gasteiger partial charge in [-0.3, -0.25) is 10.1 Å². The molecule has 0 bridgehead atoms. The van der Waals surface area contributed by atoms with Gasteiger partial charge >= 0.3 is 5.97 Å². The lowest BCUT2D eigenvalue weighted by Gasteiger charge is -2.11. The molecular formula is C20H22N2O4S. The number of rotatable bonds is 8. The minimum atomic E-state index is -0.368. The van der Waals surface area contributed by atoms with Crippen molar-refractivity contribution in [3.8, 4) is 5.75 Å². The van der Waals surface area contributed by atoms with E-state index < -0.39 is 0 Å². The number of unbranched alkanes of at least 4 members (excludes halogenated alkanes) is 1. The fourth-order valence-electron chi connectivity index (χ4n) is 2.07. The van der Waals surface area contributed by atoms with E-state index in [2.05, 4.69) is 10.6 Å². The third-order valence-corrected chi connectivity index (χ3v) is 3.68. The second kappa shape index (κ2) is 10.9. The highest BCUT2D eigenvalue weighted by Gasteiger charge is 2.08. The first-order valence-electron chi connectivity index (χ1n) is 8.64. The maximum absolute atomic E-state index is 11.9. The third kappa shape index (κ3) is 7.45. The van der Waals surface area contributed by atoms with Crippen molar-refractivity contribution in [1.82, 2.24) is 5.32 Å². The van der Waals surface area contributed by atoms with Gasteiger partial charge in [0.05, 0.1) is 12.2 Å². The molecule has 0 saturated heterocycles. The van der Waals surface area contributed by atoms with Crippen molar-refractivity contribution in [1.29, 1.82) is 0 Å². The Morgan fingerprint density at radius 1 is 1.04 bits per heavy atom. The van der Waals surface area contributed by atoms with Gasteiger partial charge in [-0.05, 0) is 55.0 Å². The highest BCUT2D eigenvalue weighted by Crippen LogP contribution is 2.11. The van der Waals surface area contributed by atoms with Gasteiger partial charge < -0.3 is 14.8 Å². The van der Waals surface area contributed by atoms with Crippen molar-refractivity contribution in [2.45, 2.75) is 19.8 Å². The van der Waals surface area contributed by atoms with Gasteiger partial charge in [0.1, 0.15) is 5.75 Å². The first-order chi connectivity index (χ1) is 13.1. The Bertz CT molecular complexity index is 763. The van der Waals surface area contributed by atoms with Crippen LogP contribution in [0.5, 0.6) is 5.75 Å². The van der Waals surface area contributed by atoms with Gasteiger partial charge in [-0.2, -0.15) is 0 Å². The van der Waals surface area contributed by atoms with Gasteiger partial charge in [-0.1, -0.05) is 31.5 Å². The number of ether oxygens (including phenoxy) is 2. The number of carbonyl (C=O) groups excluding carboxylic acids is 2. The molecule has 0 unspecified atom stereocenters. The molecule has 0 saturated carbocycles. The molecule has 0 aliphatic heterocycles. The first kappa shape index (κ1) is 20.4. The molecule has 0 aliphatic rings. The lowest BCUT2D eigenvalue weighted by Crippen LogP contribution is -2.37. The van der Waals surface area contributed by atoms with E-state index in [1.807, 2.05) is 25.1 Å². The van der Waals surface area contributed by atoms with Crippen LogP contribution in [-0.2, 0) is 9.53 Å². The lowest BCUT2D eigenvalue weighted by atomic mass is 10.2. The summed E-state index contributed by atoms with van der Waals surface area (Å²) >= 11 is 5.11. The number of benzene rings is 2. The van der Waals surface area contributed by atoms with E-state index in [0.717, 1.165) is 12.8 Å². The molecule has 0 radical (unpaired) electrons. The van der Waals surface area contributed by atoms with E-state index in [0.29, 0.717) is 23.6 Å². The zero-order valence-electron chi connectivity index (χ0n) is 15.1. The van der Waals surface area contributed by atoms with E-state index in [1.54, 1.807) is 36.4 Å². The van der Waals surface area contributed by atoms with Gasteiger partial charge in [0, 0.05) is 5.69 Å². The van der Waals surface area contributed by atoms with Crippen LogP contribution < -0.4 is 15.4 Å². The zero-order chi connectivity index (χ0) is 19.5. The normalized spacial score (nSPS) is 9.96. The third-order valence-electron chi connectivity index (χ3n) is 3.48. The molecule has 2 rings (SSSR count). The monoisotopic (exact) mass is 386 g/mol. The van der Waals surface area contributed by atoms with E-state index in [9.17, 15) is 9.59 Å². The van der Waals surface area contributed by atoms with Crippen molar-refractivity contribution >= 4 is 34.9 Å². The Labute approximate surface area is 163 Å². The van der Waals surface area contributed by atoms with Gasteiger partial charge in [0.2, 0.25) is 0 Å². The lowest BCUT2D eigenvalue weighted by molar-refractivity contribution is -0.121. The Morgan fingerprint density at radius 2 is 1.74 bits per heavy atom. The first-order valence-corrected chi connectivity index (χ1v) is 9.05. The number of hydrogen-bond acceptors (Lipinski definition) is 5. The summed E-state index contributed by atoms with van der Waals surface area (Å²) in [5.74, 6) is -0.121. The molecule has 0 heterocycles. The van der Waals surface area contributed by atoms with Crippen LogP contribution >= 0.6 is 12.2 Å². The summed E-state index contributed by atoms with van der Waals surface area (Å²) in [5, 5.41) is 5.56. The summed E-state index contributed by atoms with van der Waals surface area (Å²) in [4.78, 5) is 23.7. The maximum atomic E-state index is 11.9. The van der Waals surface area contributed by atoms with Crippen molar-refractivity contribution in [2.75, 3.05) is 18.5 Å². The smallest absolute Gasteiger partial charge is 0.338 e. The number of hydrogen-bond donors (Lipinski definition) is 2. The quantitative estimate of drug-likeness (QED) is 0.411. The molecule has 0 aliphatic carbocycles. The highest BCUT2D eigenvalue weighted by molar-refractivity contribution is 7.80. The van der Waals surface area contributed by atoms with Crippen molar-refractivity contribution in [3.63, 3.8) is 0 Å². The van der Waals surface area contributed by atoms with Crippen LogP contribution in [0.3, 0.4) is 0 Å². The highest BCUT2D eigenvalue weighted by atomic mass is 32.1.